The van der Waals surface area contributed by atoms with Gasteiger partial charge in [-0.05, 0) is 57.1 Å². The predicted octanol–water partition coefficient (Wildman–Crippen LogP) is 2.76. The lowest BCUT2D eigenvalue weighted by Gasteiger charge is -2.32. The second-order valence-electron chi connectivity index (χ2n) is 6.96. The number of hydrogen-bond donors (Lipinski definition) is 1. The molecule has 2 fully saturated rings. The first-order chi connectivity index (χ1) is 11.1. The van der Waals surface area contributed by atoms with Crippen LogP contribution in [-0.2, 0) is 4.79 Å². The Labute approximate surface area is 138 Å². The van der Waals surface area contributed by atoms with Crippen molar-refractivity contribution in [1.29, 1.82) is 0 Å². The Kier molecular flexibility index (Phi) is 4.99. The fourth-order valence-electron chi connectivity index (χ4n) is 3.19. The summed E-state index contributed by atoms with van der Waals surface area (Å²) >= 11 is 0. The fourth-order valence-corrected chi connectivity index (χ4v) is 3.19. The van der Waals surface area contributed by atoms with Gasteiger partial charge < -0.3 is 10.2 Å². The highest BCUT2D eigenvalue weighted by Crippen LogP contribution is 2.29. The molecular weight excluding hydrogens is 288 g/mol. The van der Waals surface area contributed by atoms with Gasteiger partial charge >= 0.3 is 0 Å². The van der Waals surface area contributed by atoms with Crippen molar-refractivity contribution in [2.75, 3.05) is 19.6 Å². The van der Waals surface area contributed by atoms with Crippen LogP contribution < -0.4 is 5.32 Å². The topological polar surface area (TPSA) is 49.4 Å². The lowest BCUT2D eigenvalue weighted by atomic mass is 9.93. The molecule has 1 aromatic carbocycles. The van der Waals surface area contributed by atoms with Crippen molar-refractivity contribution in [3.05, 3.63) is 35.4 Å². The largest absolute Gasteiger partial charge is 0.356 e. The molecule has 1 aliphatic heterocycles. The van der Waals surface area contributed by atoms with Gasteiger partial charge in [0.25, 0.3) is 5.91 Å². The van der Waals surface area contributed by atoms with Crippen molar-refractivity contribution < 1.29 is 9.59 Å². The molecule has 1 saturated heterocycles. The molecule has 23 heavy (non-hydrogen) atoms. The van der Waals surface area contributed by atoms with Crippen molar-refractivity contribution >= 4 is 11.8 Å². The number of likely N-dealkylation sites (tertiary alicyclic amines) is 1. The normalized spacial score (nSPS) is 18.7. The zero-order valence-corrected chi connectivity index (χ0v) is 13.9. The zero-order valence-electron chi connectivity index (χ0n) is 13.9. The Hall–Kier alpha value is -1.84. The van der Waals surface area contributed by atoms with Crippen LogP contribution in [-0.4, -0.2) is 36.3 Å². The fraction of sp³-hybridized carbons (Fsp3) is 0.579. The minimum Gasteiger partial charge on any atom is -0.356 e. The predicted molar refractivity (Wildman–Crippen MR) is 90.2 cm³/mol. The number of amides is 2. The summed E-state index contributed by atoms with van der Waals surface area (Å²) in [5.74, 6) is 1.29. The molecule has 2 aliphatic rings. The highest BCUT2D eigenvalue weighted by atomic mass is 16.2. The third kappa shape index (κ3) is 4.34. The minimum atomic E-state index is 0.144. The van der Waals surface area contributed by atoms with Gasteiger partial charge in [-0.25, -0.2) is 0 Å². The van der Waals surface area contributed by atoms with Crippen LogP contribution in [0.4, 0.5) is 0 Å². The van der Waals surface area contributed by atoms with Crippen LogP contribution >= 0.6 is 0 Å². The first-order valence-electron chi connectivity index (χ1n) is 8.77. The van der Waals surface area contributed by atoms with Gasteiger partial charge in [0.15, 0.2) is 0 Å². The lowest BCUT2D eigenvalue weighted by Crippen LogP contribution is -2.39. The average Bonchev–Trinajstić information content (AvgIpc) is 3.40. The molecule has 2 amide bonds. The molecule has 4 heteroatoms. The minimum absolute atomic E-state index is 0.144. The number of piperidine rings is 1. The van der Waals surface area contributed by atoms with Gasteiger partial charge in [0.05, 0.1) is 0 Å². The monoisotopic (exact) mass is 314 g/mol. The Bertz CT molecular complexity index is 555. The van der Waals surface area contributed by atoms with Crippen molar-refractivity contribution in [3.8, 4) is 0 Å². The van der Waals surface area contributed by atoms with E-state index in [2.05, 4.69) is 5.32 Å². The maximum absolute atomic E-state index is 12.5. The molecule has 0 atom stereocenters. The highest BCUT2D eigenvalue weighted by Gasteiger charge is 2.29. The summed E-state index contributed by atoms with van der Waals surface area (Å²) in [5.41, 5.74) is 1.96. The summed E-state index contributed by atoms with van der Waals surface area (Å²) in [5, 5.41) is 3.04. The Morgan fingerprint density at radius 3 is 2.35 bits per heavy atom. The Morgan fingerprint density at radius 1 is 1.09 bits per heavy atom. The van der Waals surface area contributed by atoms with Gasteiger partial charge in [-0.15, -0.1) is 0 Å². The average molecular weight is 314 g/mol. The number of carbonyl (C=O) groups is 2. The summed E-state index contributed by atoms with van der Waals surface area (Å²) in [4.78, 5) is 26.0. The quantitative estimate of drug-likeness (QED) is 0.908. The standard InChI is InChI=1S/C19H26N2O2/c1-14-2-4-17(5-3-14)19(23)21-12-9-15(10-13-21)8-11-20-18(22)16-6-7-16/h2-5,15-16H,6-13H2,1H3,(H,20,22). The van der Waals surface area contributed by atoms with E-state index in [4.69, 9.17) is 0 Å². The summed E-state index contributed by atoms with van der Waals surface area (Å²) in [6, 6.07) is 7.80. The van der Waals surface area contributed by atoms with Crippen LogP contribution in [0.5, 0.6) is 0 Å². The van der Waals surface area contributed by atoms with Gasteiger partial charge in [-0.2, -0.15) is 0 Å². The summed E-state index contributed by atoms with van der Waals surface area (Å²) in [7, 11) is 0. The number of rotatable bonds is 5. The van der Waals surface area contributed by atoms with Crippen LogP contribution in [0, 0.1) is 18.8 Å². The third-order valence-electron chi connectivity index (χ3n) is 5.00. The molecule has 0 aromatic heterocycles. The first-order valence-corrected chi connectivity index (χ1v) is 8.77. The molecular formula is C19H26N2O2. The summed E-state index contributed by atoms with van der Waals surface area (Å²) in [6.07, 6.45) is 5.23. The van der Waals surface area contributed by atoms with E-state index in [9.17, 15) is 9.59 Å². The van der Waals surface area contributed by atoms with Gasteiger partial charge in [0, 0.05) is 31.1 Å². The Morgan fingerprint density at radius 2 is 1.74 bits per heavy atom. The molecule has 1 saturated carbocycles. The number of nitrogens with zero attached hydrogens (tertiary/aromatic N) is 1. The molecule has 1 aromatic rings. The van der Waals surface area contributed by atoms with Crippen molar-refractivity contribution in [3.63, 3.8) is 0 Å². The highest BCUT2D eigenvalue weighted by molar-refractivity contribution is 5.94. The molecule has 0 radical (unpaired) electrons. The smallest absolute Gasteiger partial charge is 0.253 e. The van der Waals surface area contributed by atoms with E-state index >= 15 is 0 Å². The van der Waals surface area contributed by atoms with Gasteiger partial charge in [-0.3, -0.25) is 9.59 Å². The molecule has 1 N–H and O–H groups in total. The molecule has 0 bridgehead atoms. The maximum atomic E-state index is 12.5. The van der Waals surface area contributed by atoms with Crippen LogP contribution in [0.15, 0.2) is 24.3 Å². The number of benzene rings is 1. The van der Waals surface area contributed by atoms with E-state index in [1.54, 1.807) is 0 Å². The summed E-state index contributed by atoms with van der Waals surface area (Å²) in [6.45, 7) is 4.47. The molecule has 0 unspecified atom stereocenters. The number of hydrogen-bond acceptors (Lipinski definition) is 2. The molecule has 4 nitrogen and oxygen atoms in total. The van der Waals surface area contributed by atoms with Crippen molar-refractivity contribution in [2.45, 2.75) is 39.0 Å². The molecule has 0 spiro atoms. The summed E-state index contributed by atoms with van der Waals surface area (Å²) < 4.78 is 0. The zero-order chi connectivity index (χ0) is 16.2. The maximum Gasteiger partial charge on any atom is 0.253 e. The van der Waals surface area contributed by atoms with Crippen LogP contribution in [0.3, 0.4) is 0 Å². The molecule has 124 valence electrons. The second kappa shape index (κ2) is 7.16. The van der Waals surface area contributed by atoms with E-state index < -0.39 is 0 Å². The molecule has 1 aliphatic carbocycles. The van der Waals surface area contributed by atoms with E-state index in [-0.39, 0.29) is 11.8 Å². The van der Waals surface area contributed by atoms with Crippen LogP contribution in [0.2, 0.25) is 0 Å². The third-order valence-corrected chi connectivity index (χ3v) is 5.00. The van der Waals surface area contributed by atoms with E-state index in [1.165, 1.54) is 5.56 Å². The van der Waals surface area contributed by atoms with Gasteiger partial charge in [0.1, 0.15) is 0 Å². The second-order valence-corrected chi connectivity index (χ2v) is 6.96. The Balaban J connectivity index is 1.40. The number of aryl methyl sites for hydroxylation is 1. The van der Waals surface area contributed by atoms with E-state index in [1.807, 2.05) is 36.1 Å². The number of nitrogens with one attached hydrogen (secondary N) is 1. The number of carbonyl (C=O) groups excluding carboxylic acids is 2. The van der Waals surface area contributed by atoms with Gasteiger partial charge in [-0.1, -0.05) is 17.7 Å². The molecule has 3 rings (SSSR count). The van der Waals surface area contributed by atoms with Crippen LogP contribution in [0.25, 0.3) is 0 Å². The SMILES string of the molecule is Cc1ccc(C(=O)N2CCC(CCNC(=O)C3CC3)CC2)cc1. The van der Waals surface area contributed by atoms with E-state index in [0.717, 1.165) is 57.3 Å². The van der Waals surface area contributed by atoms with Crippen molar-refractivity contribution in [2.24, 2.45) is 11.8 Å². The van der Waals surface area contributed by atoms with Crippen molar-refractivity contribution in [1.82, 2.24) is 10.2 Å². The van der Waals surface area contributed by atoms with Crippen LogP contribution in [0.1, 0.15) is 48.0 Å². The van der Waals surface area contributed by atoms with Gasteiger partial charge in [0.2, 0.25) is 5.91 Å². The molecule has 1 heterocycles. The van der Waals surface area contributed by atoms with E-state index in [0.29, 0.717) is 11.8 Å². The first kappa shape index (κ1) is 16.0. The lowest BCUT2D eigenvalue weighted by molar-refractivity contribution is -0.122.